The second kappa shape index (κ2) is 4.65. The average molecular weight is 265 g/mol. The molecule has 0 aromatic carbocycles. The first-order valence-corrected chi connectivity index (χ1v) is 6.84. The van der Waals surface area contributed by atoms with E-state index < -0.39 is 0 Å². The monoisotopic (exact) mass is 265 g/mol. The van der Waals surface area contributed by atoms with Crippen LogP contribution in [0.25, 0.3) is 28.1 Å². The zero-order valence-electron chi connectivity index (χ0n) is 11.0. The largest absolute Gasteiger partial charge is 0.463 e. The Bertz CT molecular complexity index is 768. The van der Waals surface area contributed by atoms with Crippen molar-refractivity contribution in [3.8, 4) is 11.5 Å². The maximum absolute atomic E-state index is 5.40. The van der Waals surface area contributed by atoms with Gasteiger partial charge in [0.2, 0.25) is 0 Å². The SMILES string of the molecule is C1=C(c2c[nH]c3nc(-c4ccco4)ccc23)CCNC1. The van der Waals surface area contributed by atoms with Crippen LogP contribution in [0, 0.1) is 0 Å². The Morgan fingerprint density at radius 3 is 3.00 bits per heavy atom. The van der Waals surface area contributed by atoms with Crippen molar-refractivity contribution in [1.82, 2.24) is 15.3 Å². The summed E-state index contributed by atoms with van der Waals surface area (Å²) in [6, 6.07) is 7.93. The molecule has 0 radical (unpaired) electrons. The lowest BCUT2D eigenvalue weighted by Crippen LogP contribution is -2.19. The van der Waals surface area contributed by atoms with E-state index in [0.29, 0.717) is 0 Å². The predicted molar refractivity (Wildman–Crippen MR) is 79.3 cm³/mol. The summed E-state index contributed by atoms with van der Waals surface area (Å²) in [5.41, 5.74) is 4.42. The number of fused-ring (bicyclic) bond motifs is 1. The molecule has 0 unspecified atom stereocenters. The summed E-state index contributed by atoms with van der Waals surface area (Å²) in [4.78, 5) is 7.91. The second-order valence-electron chi connectivity index (χ2n) is 4.96. The molecule has 4 heterocycles. The van der Waals surface area contributed by atoms with Gasteiger partial charge in [-0.25, -0.2) is 4.98 Å². The fourth-order valence-electron chi connectivity index (χ4n) is 2.70. The molecule has 0 aliphatic carbocycles. The Morgan fingerprint density at radius 2 is 2.20 bits per heavy atom. The maximum atomic E-state index is 5.40. The van der Waals surface area contributed by atoms with E-state index in [1.54, 1.807) is 6.26 Å². The average Bonchev–Trinajstić information content (AvgIpc) is 3.17. The summed E-state index contributed by atoms with van der Waals surface area (Å²) in [5, 5.41) is 4.51. The first-order valence-electron chi connectivity index (χ1n) is 6.84. The molecule has 3 aromatic rings. The maximum Gasteiger partial charge on any atom is 0.152 e. The number of furan rings is 1. The molecule has 0 amide bonds. The van der Waals surface area contributed by atoms with E-state index in [1.807, 2.05) is 18.2 Å². The van der Waals surface area contributed by atoms with Crippen LogP contribution in [0.4, 0.5) is 0 Å². The van der Waals surface area contributed by atoms with Gasteiger partial charge in [-0.05, 0) is 42.8 Å². The van der Waals surface area contributed by atoms with Crippen LogP contribution in [0.5, 0.6) is 0 Å². The summed E-state index contributed by atoms with van der Waals surface area (Å²) in [5.74, 6) is 0.795. The van der Waals surface area contributed by atoms with Crippen LogP contribution >= 0.6 is 0 Å². The summed E-state index contributed by atoms with van der Waals surface area (Å²) in [6.07, 6.45) is 7.04. The van der Waals surface area contributed by atoms with Crippen molar-refractivity contribution in [2.24, 2.45) is 0 Å². The van der Waals surface area contributed by atoms with Gasteiger partial charge in [0.1, 0.15) is 11.3 Å². The first-order chi connectivity index (χ1) is 9.92. The minimum absolute atomic E-state index is 0.795. The first kappa shape index (κ1) is 11.5. The van der Waals surface area contributed by atoms with Gasteiger partial charge in [-0.2, -0.15) is 0 Å². The Morgan fingerprint density at radius 1 is 1.20 bits per heavy atom. The molecule has 1 aliphatic rings. The van der Waals surface area contributed by atoms with E-state index in [4.69, 9.17) is 4.42 Å². The lowest BCUT2D eigenvalue weighted by atomic mass is 10.0. The standard InChI is InChI=1S/C16H15N3O/c1-2-15(20-9-1)14-4-3-12-13(10-18-16(12)19-14)11-5-7-17-8-6-11/h1-5,9-10,17H,6-8H2,(H,18,19). The van der Waals surface area contributed by atoms with Gasteiger partial charge in [0, 0.05) is 23.7 Å². The van der Waals surface area contributed by atoms with Crippen molar-refractivity contribution in [2.75, 3.05) is 13.1 Å². The van der Waals surface area contributed by atoms with Crippen LogP contribution < -0.4 is 5.32 Å². The topological polar surface area (TPSA) is 53.9 Å². The Labute approximate surface area is 116 Å². The molecule has 4 rings (SSSR count). The van der Waals surface area contributed by atoms with Crippen LogP contribution in [0.3, 0.4) is 0 Å². The molecule has 2 N–H and O–H groups in total. The van der Waals surface area contributed by atoms with Gasteiger partial charge >= 0.3 is 0 Å². The Balaban J connectivity index is 1.80. The number of nitrogens with one attached hydrogen (secondary N) is 2. The van der Waals surface area contributed by atoms with Crippen molar-refractivity contribution >= 4 is 16.6 Å². The van der Waals surface area contributed by atoms with E-state index in [1.165, 1.54) is 16.5 Å². The number of nitrogens with zero attached hydrogens (tertiary/aromatic N) is 1. The highest BCUT2D eigenvalue weighted by Crippen LogP contribution is 2.29. The van der Waals surface area contributed by atoms with Gasteiger partial charge in [0.15, 0.2) is 5.76 Å². The number of H-pyrrole nitrogens is 1. The highest BCUT2D eigenvalue weighted by molar-refractivity contribution is 5.91. The molecule has 0 fully saturated rings. The highest BCUT2D eigenvalue weighted by atomic mass is 16.3. The Kier molecular flexibility index (Phi) is 2.67. The molecular formula is C16H15N3O. The van der Waals surface area contributed by atoms with Crippen molar-refractivity contribution < 1.29 is 4.42 Å². The van der Waals surface area contributed by atoms with E-state index >= 15 is 0 Å². The van der Waals surface area contributed by atoms with E-state index in [-0.39, 0.29) is 0 Å². The zero-order chi connectivity index (χ0) is 13.4. The van der Waals surface area contributed by atoms with E-state index in [2.05, 4.69) is 33.6 Å². The predicted octanol–water partition coefficient (Wildman–Crippen LogP) is 3.20. The number of pyridine rings is 1. The number of aromatic nitrogens is 2. The molecule has 0 spiro atoms. The molecule has 4 heteroatoms. The number of hydrogen-bond acceptors (Lipinski definition) is 3. The van der Waals surface area contributed by atoms with Gasteiger partial charge in [-0.15, -0.1) is 0 Å². The van der Waals surface area contributed by atoms with Crippen LogP contribution in [0.1, 0.15) is 12.0 Å². The second-order valence-corrected chi connectivity index (χ2v) is 4.96. The van der Waals surface area contributed by atoms with Gasteiger partial charge in [0.05, 0.1) is 6.26 Å². The summed E-state index contributed by atoms with van der Waals surface area (Å²) in [6.45, 7) is 1.98. The molecular weight excluding hydrogens is 250 g/mol. The molecule has 100 valence electrons. The molecule has 1 aliphatic heterocycles. The normalized spacial score (nSPS) is 15.5. The lowest BCUT2D eigenvalue weighted by Gasteiger charge is -2.13. The van der Waals surface area contributed by atoms with Crippen LogP contribution in [0.2, 0.25) is 0 Å². The van der Waals surface area contributed by atoms with E-state index in [0.717, 1.165) is 36.6 Å². The van der Waals surface area contributed by atoms with Crippen molar-refractivity contribution in [1.29, 1.82) is 0 Å². The third-order valence-corrected chi connectivity index (χ3v) is 3.72. The molecule has 0 bridgehead atoms. The zero-order valence-corrected chi connectivity index (χ0v) is 11.0. The lowest BCUT2D eigenvalue weighted by molar-refractivity contribution is 0.580. The van der Waals surface area contributed by atoms with Gasteiger partial charge in [-0.1, -0.05) is 6.08 Å². The fraction of sp³-hybridized carbons (Fsp3) is 0.188. The van der Waals surface area contributed by atoms with Gasteiger partial charge < -0.3 is 14.7 Å². The molecule has 20 heavy (non-hydrogen) atoms. The van der Waals surface area contributed by atoms with Gasteiger partial charge in [0.25, 0.3) is 0 Å². The quantitative estimate of drug-likeness (QED) is 0.748. The van der Waals surface area contributed by atoms with Crippen molar-refractivity contribution in [3.05, 3.63) is 48.4 Å². The number of aromatic amines is 1. The van der Waals surface area contributed by atoms with Gasteiger partial charge in [-0.3, -0.25) is 0 Å². The van der Waals surface area contributed by atoms with Crippen LogP contribution in [-0.2, 0) is 0 Å². The van der Waals surface area contributed by atoms with Crippen LogP contribution in [0.15, 0.2) is 47.2 Å². The molecule has 0 saturated carbocycles. The fourth-order valence-corrected chi connectivity index (χ4v) is 2.70. The third kappa shape index (κ3) is 1.85. The number of hydrogen-bond donors (Lipinski definition) is 2. The van der Waals surface area contributed by atoms with Crippen LogP contribution in [-0.4, -0.2) is 23.1 Å². The van der Waals surface area contributed by atoms with Crippen molar-refractivity contribution in [3.63, 3.8) is 0 Å². The molecule has 0 atom stereocenters. The minimum Gasteiger partial charge on any atom is -0.463 e. The molecule has 0 saturated heterocycles. The smallest absolute Gasteiger partial charge is 0.152 e. The third-order valence-electron chi connectivity index (χ3n) is 3.72. The molecule has 4 nitrogen and oxygen atoms in total. The van der Waals surface area contributed by atoms with Crippen molar-refractivity contribution in [2.45, 2.75) is 6.42 Å². The summed E-state index contributed by atoms with van der Waals surface area (Å²) >= 11 is 0. The highest BCUT2D eigenvalue weighted by Gasteiger charge is 2.12. The summed E-state index contributed by atoms with van der Waals surface area (Å²) in [7, 11) is 0. The minimum atomic E-state index is 0.795. The summed E-state index contributed by atoms with van der Waals surface area (Å²) < 4.78 is 5.40. The molecule has 3 aromatic heterocycles. The van der Waals surface area contributed by atoms with E-state index in [9.17, 15) is 0 Å². The Hall–Kier alpha value is -2.33. The number of rotatable bonds is 2.